The van der Waals surface area contributed by atoms with Gasteiger partial charge in [-0.25, -0.2) is 0 Å². The highest BCUT2D eigenvalue weighted by molar-refractivity contribution is 5.98. The molecule has 142 valence electrons. The van der Waals surface area contributed by atoms with Gasteiger partial charge in [-0.1, -0.05) is 36.4 Å². The Labute approximate surface area is 162 Å². The van der Waals surface area contributed by atoms with Crippen LogP contribution in [0.1, 0.15) is 17.5 Å². The normalized spacial score (nSPS) is 16.4. The monoisotopic (exact) mass is 376 g/mol. The molecule has 0 radical (unpaired) electrons. The van der Waals surface area contributed by atoms with Crippen LogP contribution in [0.4, 0.5) is 5.69 Å². The number of hydrogen-bond acceptors (Lipinski definition) is 5. The molecule has 0 spiro atoms. The van der Waals surface area contributed by atoms with Crippen LogP contribution in [0, 0.1) is 12.8 Å². The van der Waals surface area contributed by atoms with E-state index in [0.29, 0.717) is 24.7 Å². The maximum atomic E-state index is 12.8. The van der Waals surface area contributed by atoms with Crippen LogP contribution in [0.25, 0.3) is 11.5 Å². The summed E-state index contributed by atoms with van der Waals surface area (Å²) in [4.78, 5) is 26.8. The molecular formula is C21H20N4O3. The highest BCUT2D eigenvalue weighted by Crippen LogP contribution is 2.26. The fourth-order valence-corrected chi connectivity index (χ4v) is 3.33. The Hall–Kier alpha value is -3.48. The third kappa shape index (κ3) is 3.78. The van der Waals surface area contributed by atoms with Gasteiger partial charge in [-0.2, -0.15) is 0 Å². The number of likely N-dealkylation sites (tertiary alicyclic amines) is 1. The molecule has 1 aromatic heterocycles. The molecule has 1 fully saturated rings. The molecule has 1 atom stereocenters. The van der Waals surface area contributed by atoms with Gasteiger partial charge in [-0.15, -0.1) is 10.2 Å². The Kier molecular flexibility index (Phi) is 4.89. The van der Waals surface area contributed by atoms with Crippen LogP contribution in [-0.2, 0) is 16.1 Å². The standard InChI is InChI=1S/C21H20N4O3/c1-14-7-8-16(21-24-22-13-28-21)9-18(14)23-20(27)17-10-19(26)25(12-17)11-15-5-3-2-4-6-15/h2-9,13,17H,10-12H2,1H3,(H,23,27). The Balaban J connectivity index is 1.44. The van der Waals surface area contributed by atoms with E-state index in [9.17, 15) is 9.59 Å². The van der Waals surface area contributed by atoms with Crippen LogP contribution >= 0.6 is 0 Å². The minimum Gasteiger partial charge on any atom is -0.423 e. The van der Waals surface area contributed by atoms with Gasteiger partial charge in [0.1, 0.15) is 0 Å². The first-order valence-electron chi connectivity index (χ1n) is 9.10. The van der Waals surface area contributed by atoms with E-state index in [-0.39, 0.29) is 24.2 Å². The van der Waals surface area contributed by atoms with Gasteiger partial charge < -0.3 is 14.6 Å². The molecule has 2 aromatic carbocycles. The number of anilines is 1. The average molecular weight is 376 g/mol. The van der Waals surface area contributed by atoms with Gasteiger partial charge in [0.05, 0.1) is 5.92 Å². The van der Waals surface area contributed by atoms with E-state index < -0.39 is 0 Å². The van der Waals surface area contributed by atoms with Gasteiger partial charge >= 0.3 is 0 Å². The van der Waals surface area contributed by atoms with Crippen molar-refractivity contribution in [3.8, 4) is 11.5 Å². The first kappa shape index (κ1) is 17.9. The molecule has 1 unspecified atom stereocenters. The van der Waals surface area contributed by atoms with Gasteiger partial charge in [0.25, 0.3) is 0 Å². The van der Waals surface area contributed by atoms with E-state index in [1.807, 2.05) is 49.4 Å². The molecule has 7 nitrogen and oxygen atoms in total. The van der Waals surface area contributed by atoms with Gasteiger partial charge in [0, 0.05) is 30.8 Å². The topological polar surface area (TPSA) is 88.3 Å². The van der Waals surface area contributed by atoms with Crippen molar-refractivity contribution in [3.05, 3.63) is 66.1 Å². The van der Waals surface area contributed by atoms with Crippen molar-refractivity contribution in [3.63, 3.8) is 0 Å². The zero-order valence-electron chi connectivity index (χ0n) is 15.5. The Bertz CT molecular complexity index is 986. The minimum atomic E-state index is -0.373. The Morgan fingerprint density at radius 3 is 2.82 bits per heavy atom. The van der Waals surface area contributed by atoms with E-state index in [1.54, 1.807) is 11.0 Å². The molecule has 0 bridgehead atoms. The quantitative estimate of drug-likeness (QED) is 0.739. The Morgan fingerprint density at radius 1 is 1.25 bits per heavy atom. The van der Waals surface area contributed by atoms with E-state index in [4.69, 9.17) is 4.42 Å². The second kappa shape index (κ2) is 7.64. The van der Waals surface area contributed by atoms with Crippen molar-refractivity contribution >= 4 is 17.5 Å². The highest BCUT2D eigenvalue weighted by Gasteiger charge is 2.34. The molecular weight excluding hydrogens is 356 g/mol. The number of nitrogens with one attached hydrogen (secondary N) is 1. The number of aromatic nitrogens is 2. The van der Waals surface area contributed by atoms with Crippen molar-refractivity contribution in [2.24, 2.45) is 5.92 Å². The van der Waals surface area contributed by atoms with E-state index >= 15 is 0 Å². The zero-order chi connectivity index (χ0) is 19.5. The first-order chi connectivity index (χ1) is 13.6. The number of benzene rings is 2. The first-order valence-corrected chi connectivity index (χ1v) is 9.10. The molecule has 2 heterocycles. The predicted octanol–water partition coefficient (Wildman–Crippen LogP) is 3.03. The number of carbonyl (C=O) groups is 2. The van der Waals surface area contributed by atoms with Gasteiger partial charge in [0.2, 0.25) is 24.1 Å². The van der Waals surface area contributed by atoms with Crippen molar-refractivity contribution in [2.45, 2.75) is 19.9 Å². The average Bonchev–Trinajstić information content (AvgIpc) is 3.35. The second-order valence-corrected chi connectivity index (χ2v) is 6.92. The lowest BCUT2D eigenvalue weighted by Gasteiger charge is -2.17. The molecule has 1 N–H and O–H groups in total. The van der Waals surface area contributed by atoms with E-state index in [1.165, 1.54) is 6.39 Å². The maximum Gasteiger partial charge on any atom is 0.247 e. The molecule has 0 aliphatic carbocycles. The summed E-state index contributed by atoms with van der Waals surface area (Å²) in [6.07, 6.45) is 1.49. The Morgan fingerprint density at radius 2 is 2.07 bits per heavy atom. The molecule has 28 heavy (non-hydrogen) atoms. The lowest BCUT2D eigenvalue weighted by atomic mass is 10.1. The molecule has 1 aliphatic heterocycles. The fraction of sp³-hybridized carbons (Fsp3) is 0.238. The van der Waals surface area contributed by atoms with E-state index in [0.717, 1.165) is 16.7 Å². The van der Waals surface area contributed by atoms with Crippen LogP contribution < -0.4 is 5.32 Å². The van der Waals surface area contributed by atoms with Crippen LogP contribution in [0.3, 0.4) is 0 Å². The third-order valence-electron chi connectivity index (χ3n) is 4.90. The predicted molar refractivity (Wildman–Crippen MR) is 103 cm³/mol. The number of aryl methyl sites for hydroxylation is 1. The van der Waals surface area contributed by atoms with Gasteiger partial charge in [0.15, 0.2) is 0 Å². The second-order valence-electron chi connectivity index (χ2n) is 6.92. The summed E-state index contributed by atoms with van der Waals surface area (Å²) in [7, 11) is 0. The van der Waals surface area contributed by atoms with Crippen molar-refractivity contribution in [1.29, 1.82) is 0 Å². The van der Waals surface area contributed by atoms with Gasteiger partial charge in [-0.3, -0.25) is 9.59 Å². The van der Waals surface area contributed by atoms with E-state index in [2.05, 4.69) is 15.5 Å². The lowest BCUT2D eigenvalue weighted by molar-refractivity contribution is -0.128. The van der Waals surface area contributed by atoms with Crippen LogP contribution in [0.5, 0.6) is 0 Å². The highest BCUT2D eigenvalue weighted by atomic mass is 16.4. The lowest BCUT2D eigenvalue weighted by Crippen LogP contribution is -2.28. The number of carbonyl (C=O) groups excluding carboxylic acids is 2. The summed E-state index contributed by atoms with van der Waals surface area (Å²) in [5.74, 6) is -0.140. The molecule has 7 heteroatoms. The van der Waals surface area contributed by atoms with Crippen LogP contribution in [0.15, 0.2) is 59.3 Å². The summed E-state index contributed by atoms with van der Waals surface area (Å²) in [6, 6.07) is 15.3. The zero-order valence-corrected chi connectivity index (χ0v) is 15.5. The summed E-state index contributed by atoms with van der Waals surface area (Å²) < 4.78 is 5.22. The van der Waals surface area contributed by atoms with Crippen LogP contribution in [0.2, 0.25) is 0 Å². The largest absolute Gasteiger partial charge is 0.423 e. The molecule has 4 rings (SSSR count). The third-order valence-corrected chi connectivity index (χ3v) is 4.90. The fourth-order valence-electron chi connectivity index (χ4n) is 3.33. The summed E-state index contributed by atoms with van der Waals surface area (Å²) >= 11 is 0. The number of nitrogens with zero attached hydrogens (tertiary/aromatic N) is 3. The SMILES string of the molecule is Cc1ccc(-c2nnco2)cc1NC(=O)C1CC(=O)N(Cc2ccccc2)C1. The summed E-state index contributed by atoms with van der Waals surface area (Å²) in [6.45, 7) is 2.85. The van der Waals surface area contributed by atoms with Crippen molar-refractivity contribution in [2.75, 3.05) is 11.9 Å². The molecule has 2 amide bonds. The van der Waals surface area contributed by atoms with Crippen molar-refractivity contribution in [1.82, 2.24) is 15.1 Å². The smallest absolute Gasteiger partial charge is 0.247 e. The number of amides is 2. The van der Waals surface area contributed by atoms with Crippen LogP contribution in [-0.4, -0.2) is 33.5 Å². The molecule has 1 saturated heterocycles. The molecule has 3 aromatic rings. The molecule has 1 aliphatic rings. The summed E-state index contributed by atoms with van der Waals surface area (Å²) in [5.41, 5.74) is 3.38. The minimum absolute atomic E-state index is 0.000311. The number of rotatable bonds is 5. The van der Waals surface area contributed by atoms with Gasteiger partial charge in [-0.05, 0) is 30.2 Å². The summed E-state index contributed by atoms with van der Waals surface area (Å²) in [5, 5.41) is 10.5. The number of hydrogen-bond donors (Lipinski definition) is 1. The maximum absolute atomic E-state index is 12.8. The van der Waals surface area contributed by atoms with Crippen molar-refractivity contribution < 1.29 is 14.0 Å². The molecule has 0 saturated carbocycles.